The van der Waals surface area contributed by atoms with Crippen molar-refractivity contribution in [3.63, 3.8) is 0 Å². The molecule has 1 aromatic rings. The van der Waals surface area contributed by atoms with Crippen LogP contribution in [-0.2, 0) is 5.41 Å². The van der Waals surface area contributed by atoms with E-state index in [1.165, 1.54) is 16.9 Å². The van der Waals surface area contributed by atoms with E-state index in [0.29, 0.717) is 0 Å². The van der Waals surface area contributed by atoms with E-state index < -0.39 is 0 Å². The highest BCUT2D eigenvalue weighted by Crippen LogP contribution is 2.32. The van der Waals surface area contributed by atoms with E-state index in [4.69, 9.17) is 0 Å². The Labute approximate surface area is 104 Å². The highest BCUT2D eigenvalue weighted by atomic mass is 32.1. The maximum absolute atomic E-state index is 3.56. The van der Waals surface area contributed by atoms with E-state index in [1.807, 2.05) is 11.3 Å². The van der Waals surface area contributed by atoms with Crippen LogP contribution in [0.4, 0.5) is 0 Å². The monoisotopic (exact) mass is 239 g/mol. The first-order valence-corrected chi connectivity index (χ1v) is 6.90. The molecule has 1 nitrogen and oxygen atoms in total. The molecule has 2 heteroatoms. The fourth-order valence-corrected chi connectivity index (χ4v) is 2.85. The molecule has 0 aliphatic heterocycles. The van der Waals surface area contributed by atoms with E-state index >= 15 is 0 Å². The molecule has 1 aromatic heterocycles. The molecule has 0 unspecified atom stereocenters. The molecule has 0 fully saturated rings. The summed E-state index contributed by atoms with van der Waals surface area (Å²) in [5.41, 5.74) is 2.01. The standard InChI is InChI=1S/C14H25NS/c1-11-12(7-10-16-11)14(5,6)8-9-15-13(2,3)4/h7,10,15H,8-9H2,1-6H3. The van der Waals surface area contributed by atoms with Gasteiger partial charge >= 0.3 is 0 Å². The molecule has 0 aliphatic carbocycles. The maximum atomic E-state index is 3.56. The number of nitrogens with one attached hydrogen (secondary N) is 1. The van der Waals surface area contributed by atoms with Crippen molar-refractivity contribution in [2.45, 2.75) is 58.9 Å². The highest BCUT2D eigenvalue weighted by molar-refractivity contribution is 7.10. The average molecular weight is 239 g/mol. The molecule has 0 amide bonds. The van der Waals surface area contributed by atoms with E-state index in [-0.39, 0.29) is 11.0 Å². The van der Waals surface area contributed by atoms with Crippen molar-refractivity contribution in [1.29, 1.82) is 0 Å². The maximum Gasteiger partial charge on any atom is 0.00965 e. The van der Waals surface area contributed by atoms with Crippen molar-refractivity contribution in [2.24, 2.45) is 0 Å². The minimum absolute atomic E-state index is 0.222. The van der Waals surface area contributed by atoms with Crippen LogP contribution < -0.4 is 5.32 Å². The number of rotatable bonds is 4. The zero-order valence-electron chi connectivity index (χ0n) is 11.5. The molecule has 0 spiro atoms. The lowest BCUT2D eigenvalue weighted by Gasteiger charge is -2.28. The van der Waals surface area contributed by atoms with Gasteiger partial charge in [0, 0.05) is 10.4 Å². The van der Waals surface area contributed by atoms with Crippen LogP contribution in [0.25, 0.3) is 0 Å². The van der Waals surface area contributed by atoms with Crippen molar-refractivity contribution in [3.8, 4) is 0 Å². The van der Waals surface area contributed by atoms with Gasteiger partial charge < -0.3 is 5.32 Å². The first-order chi connectivity index (χ1) is 7.22. The molecule has 1 rings (SSSR count). The Kier molecular flexibility index (Phi) is 4.19. The van der Waals surface area contributed by atoms with Crippen LogP contribution in [0.1, 0.15) is 51.5 Å². The predicted molar refractivity (Wildman–Crippen MR) is 74.5 cm³/mol. The predicted octanol–water partition coefficient (Wildman–Crippen LogP) is 4.11. The van der Waals surface area contributed by atoms with Crippen molar-refractivity contribution in [2.75, 3.05) is 6.54 Å². The van der Waals surface area contributed by atoms with Gasteiger partial charge in [0.25, 0.3) is 0 Å². The second-order valence-corrected chi connectivity index (χ2v) is 7.32. The van der Waals surface area contributed by atoms with E-state index in [9.17, 15) is 0 Å². The van der Waals surface area contributed by atoms with Gasteiger partial charge in [-0.1, -0.05) is 13.8 Å². The molecule has 0 bridgehead atoms. The third-order valence-electron chi connectivity index (χ3n) is 2.99. The van der Waals surface area contributed by atoms with Crippen LogP contribution in [0.2, 0.25) is 0 Å². The lowest BCUT2D eigenvalue weighted by atomic mass is 9.82. The third-order valence-corrected chi connectivity index (χ3v) is 3.84. The summed E-state index contributed by atoms with van der Waals surface area (Å²) in [5.74, 6) is 0. The second kappa shape index (κ2) is 4.89. The first-order valence-electron chi connectivity index (χ1n) is 6.02. The van der Waals surface area contributed by atoms with Crippen molar-refractivity contribution in [3.05, 3.63) is 21.9 Å². The molecule has 0 saturated carbocycles. The van der Waals surface area contributed by atoms with Gasteiger partial charge in [0.1, 0.15) is 0 Å². The summed E-state index contributed by atoms with van der Waals surface area (Å²) in [6.07, 6.45) is 1.18. The van der Waals surface area contributed by atoms with Gasteiger partial charge in [-0.2, -0.15) is 0 Å². The molecular weight excluding hydrogens is 214 g/mol. The van der Waals surface area contributed by atoms with Crippen molar-refractivity contribution < 1.29 is 0 Å². The first kappa shape index (κ1) is 13.7. The van der Waals surface area contributed by atoms with Gasteiger partial charge in [-0.3, -0.25) is 0 Å². The number of aryl methyl sites for hydroxylation is 1. The molecule has 1 heterocycles. The van der Waals surface area contributed by atoms with Gasteiger partial charge in [0.2, 0.25) is 0 Å². The van der Waals surface area contributed by atoms with Crippen LogP contribution in [0.3, 0.4) is 0 Å². The van der Waals surface area contributed by atoms with Crippen LogP contribution in [-0.4, -0.2) is 12.1 Å². The molecule has 0 radical (unpaired) electrons. The smallest absolute Gasteiger partial charge is 0.00965 e. The SMILES string of the molecule is Cc1sccc1C(C)(C)CCNC(C)(C)C. The normalized spacial score (nSPS) is 13.1. The second-order valence-electron chi connectivity index (χ2n) is 6.20. The van der Waals surface area contributed by atoms with Crippen LogP contribution >= 0.6 is 11.3 Å². The largest absolute Gasteiger partial charge is 0.312 e. The third kappa shape index (κ3) is 3.91. The summed E-state index contributed by atoms with van der Waals surface area (Å²) in [5, 5.41) is 5.76. The summed E-state index contributed by atoms with van der Waals surface area (Å²) < 4.78 is 0. The van der Waals surface area contributed by atoms with E-state index in [0.717, 1.165) is 6.54 Å². The zero-order valence-corrected chi connectivity index (χ0v) is 12.3. The summed E-state index contributed by atoms with van der Waals surface area (Å²) in [6.45, 7) is 14.6. The van der Waals surface area contributed by atoms with Crippen molar-refractivity contribution >= 4 is 11.3 Å². The minimum atomic E-state index is 0.222. The van der Waals surface area contributed by atoms with Gasteiger partial charge in [-0.25, -0.2) is 0 Å². The Morgan fingerprint density at radius 3 is 2.25 bits per heavy atom. The quantitative estimate of drug-likeness (QED) is 0.833. The minimum Gasteiger partial charge on any atom is -0.312 e. The Hall–Kier alpha value is -0.340. The van der Waals surface area contributed by atoms with Gasteiger partial charge in [0.05, 0.1) is 0 Å². The summed E-state index contributed by atoms with van der Waals surface area (Å²) in [6, 6.07) is 2.27. The lowest BCUT2D eigenvalue weighted by Crippen LogP contribution is -2.38. The number of thiophene rings is 1. The Morgan fingerprint density at radius 1 is 1.19 bits per heavy atom. The van der Waals surface area contributed by atoms with Crippen LogP contribution in [0.5, 0.6) is 0 Å². The molecule has 0 aromatic carbocycles. The van der Waals surface area contributed by atoms with E-state index in [2.05, 4.69) is 58.3 Å². The van der Waals surface area contributed by atoms with Crippen LogP contribution in [0, 0.1) is 6.92 Å². The lowest BCUT2D eigenvalue weighted by molar-refractivity contribution is 0.379. The van der Waals surface area contributed by atoms with Gasteiger partial charge in [0.15, 0.2) is 0 Å². The summed E-state index contributed by atoms with van der Waals surface area (Å²) >= 11 is 1.85. The number of hydrogen-bond donors (Lipinski definition) is 1. The fourth-order valence-electron chi connectivity index (χ4n) is 1.97. The van der Waals surface area contributed by atoms with Gasteiger partial charge in [-0.05, 0) is 63.1 Å². The molecular formula is C14H25NS. The number of hydrogen-bond acceptors (Lipinski definition) is 2. The fraction of sp³-hybridized carbons (Fsp3) is 0.714. The average Bonchev–Trinajstić information content (AvgIpc) is 2.48. The Balaban J connectivity index is 2.56. The van der Waals surface area contributed by atoms with Crippen LogP contribution in [0.15, 0.2) is 11.4 Å². The molecule has 0 saturated heterocycles. The van der Waals surface area contributed by atoms with E-state index in [1.54, 1.807) is 0 Å². The summed E-state index contributed by atoms with van der Waals surface area (Å²) in [7, 11) is 0. The highest BCUT2D eigenvalue weighted by Gasteiger charge is 2.23. The molecule has 16 heavy (non-hydrogen) atoms. The Morgan fingerprint density at radius 2 is 1.81 bits per heavy atom. The summed E-state index contributed by atoms with van der Waals surface area (Å²) in [4.78, 5) is 1.46. The zero-order chi connectivity index (χ0) is 12.4. The Bertz CT molecular complexity index is 331. The molecule has 0 atom stereocenters. The molecule has 1 N–H and O–H groups in total. The van der Waals surface area contributed by atoms with Crippen molar-refractivity contribution in [1.82, 2.24) is 5.32 Å². The molecule has 92 valence electrons. The topological polar surface area (TPSA) is 12.0 Å². The molecule has 0 aliphatic rings. The van der Waals surface area contributed by atoms with Gasteiger partial charge in [-0.15, -0.1) is 11.3 Å².